The largest absolute Gasteiger partial charge is 0.444 e. The van der Waals surface area contributed by atoms with Crippen LogP contribution in [0.4, 0.5) is 10.5 Å². The zero-order valence-corrected chi connectivity index (χ0v) is 21.6. The van der Waals surface area contributed by atoms with Crippen LogP contribution in [0.25, 0.3) is 10.8 Å². The Balaban J connectivity index is 1.45. The molecule has 0 radical (unpaired) electrons. The van der Waals surface area contributed by atoms with Crippen LogP contribution in [-0.4, -0.2) is 80.8 Å². The Morgan fingerprint density at radius 2 is 1.65 bits per heavy atom. The summed E-state index contributed by atoms with van der Waals surface area (Å²) in [6, 6.07) is 8.97. The van der Waals surface area contributed by atoms with Gasteiger partial charge in [0, 0.05) is 47.1 Å². The number of hydrogen-bond donors (Lipinski definition) is 2. The molecule has 0 unspecified atom stereocenters. The zero-order valence-electron chi connectivity index (χ0n) is 21.6. The number of alkyl carbamates (subject to hydrolysis) is 1. The molecule has 0 aromatic heterocycles. The lowest BCUT2D eigenvalue weighted by Crippen LogP contribution is -2.42. The number of unbranched alkanes of at least 4 members (excludes halogenated alkanes) is 1. The molecule has 0 spiro atoms. The van der Waals surface area contributed by atoms with Crippen molar-refractivity contribution in [3.63, 3.8) is 0 Å². The Labute approximate surface area is 216 Å². The number of carbonyl (C=O) groups is 4. The number of imide groups is 1. The van der Waals surface area contributed by atoms with E-state index in [9.17, 15) is 19.2 Å². The van der Waals surface area contributed by atoms with Crippen molar-refractivity contribution in [1.82, 2.24) is 10.2 Å². The third-order valence-corrected chi connectivity index (χ3v) is 5.55. The molecule has 2 aromatic carbocycles. The van der Waals surface area contributed by atoms with Crippen molar-refractivity contribution in [2.45, 2.75) is 39.2 Å². The maximum Gasteiger partial charge on any atom is 0.407 e. The topological polar surface area (TPSA) is 123 Å². The number of aldehydes is 1. The van der Waals surface area contributed by atoms with E-state index in [1.165, 1.54) is 4.90 Å². The molecule has 0 fully saturated rings. The van der Waals surface area contributed by atoms with E-state index >= 15 is 0 Å². The Hall–Kier alpha value is -3.50. The van der Waals surface area contributed by atoms with E-state index in [0.29, 0.717) is 55.7 Å². The maximum absolute atomic E-state index is 13.1. The Morgan fingerprint density at radius 1 is 0.946 bits per heavy atom. The minimum absolute atomic E-state index is 0.124. The van der Waals surface area contributed by atoms with E-state index in [-0.39, 0.29) is 31.6 Å². The van der Waals surface area contributed by atoms with Gasteiger partial charge in [0.1, 0.15) is 11.9 Å². The first kappa shape index (κ1) is 28.1. The number of nitrogens with zero attached hydrogens (tertiary/aromatic N) is 1. The van der Waals surface area contributed by atoms with E-state index < -0.39 is 11.7 Å². The molecule has 0 aliphatic carbocycles. The fourth-order valence-corrected chi connectivity index (χ4v) is 3.93. The van der Waals surface area contributed by atoms with Crippen molar-refractivity contribution in [3.05, 3.63) is 41.5 Å². The molecule has 1 aliphatic rings. The van der Waals surface area contributed by atoms with Crippen LogP contribution in [0.5, 0.6) is 0 Å². The third-order valence-electron chi connectivity index (χ3n) is 5.55. The second-order valence-corrected chi connectivity index (χ2v) is 9.54. The second kappa shape index (κ2) is 13.2. The first-order valence-electron chi connectivity index (χ1n) is 12.4. The van der Waals surface area contributed by atoms with Crippen LogP contribution in [0, 0.1) is 0 Å². The van der Waals surface area contributed by atoms with Crippen LogP contribution in [0.2, 0.25) is 0 Å². The molecule has 10 heteroatoms. The van der Waals surface area contributed by atoms with Crippen LogP contribution >= 0.6 is 0 Å². The quantitative estimate of drug-likeness (QED) is 0.224. The number of amides is 3. The van der Waals surface area contributed by atoms with Gasteiger partial charge in [-0.25, -0.2) is 4.79 Å². The minimum atomic E-state index is -0.553. The van der Waals surface area contributed by atoms with Gasteiger partial charge >= 0.3 is 6.09 Å². The molecular formula is C27H35N3O7. The molecule has 200 valence electrons. The number of hydrogen-bond acceptors (Lipinski definition) is 8. The van der Waals surface area contributed by atoms with E-state index in [4.69, 9.17) is 14.2 Å². The van der Waals surface area contributed by atoms with Gasteiger partial charge in [0.15, 0.2) is 0 Å². The van der Waals surface area contributed by atoms with Crippen LogP contribution in [-0.2, 0) is 19.0 Å². The van der Waals surface area contributed by atoms with E-state index in [0.717, 1.165) is 17.4 Å². The highest BCUT2D eigenvalue weighted by Gasteiger charge is 2.33. The number of benzene rings is 2. The predicted octanol–water partition coefficient (Wildman–Crippen LogP) is 3.38. The van der Waals surface area contributed by atoms with Crippen molar-refractivity contribution in [3.8, 4) is 0 Å². The van der Waals surface area contributed by atoms with Crippen LogP contribution in [0.3, 0.4) is 0 Å². The van der Waals surface area contributed by atoms with E-state index in [1.807, 2.05) is 12.1 Å². The molecule has 1 heterocycles. The lowest BCUT2D eigenvalue weighted by molar-refractivity contribution is -0.107. The van der Waals surface area contributed by atoms with Crippen molar-refractivity contribution >= 4 is 40.7 Å². The van der Waals surface area contributed by atoms with Gasteiger partial charge in [-0.1, -0.05) is 12.1 Å². The van der Waals surface area contributed by atoms with Crippen molar-refractivity contribution in [1.29, 1.82) is 0 Å². The van der Waals surface area contributed by atoms with Gasteiger partial charge < -0.3 is 29.6 Å². The molecule has 2 N–H and O–H groups in total. The first-order valence-corrected chi connectivity index (χ1v) is 12.4. The average molecular weight is 514 g/mol. The smallest absolute Gasteiger partial charge is 0.407 e. The summed E-state index contributed by atoms with van der Waals surface area (Å²) < 4.78 is 16.1. The van der Waals surface area contributed by atoms with Gasteiger partial charge in [-0.15, -0.1) is 0 Å². The molecule has 37 heavy (non-hydrogen) atoms. The summed E-state index contributed by atoms with van der Waals surface area (Å²) >= 11 is 0. The van der Waals surface area contributed by atoms with Gasteiger partial charge in [-0.2, -0.15) is 0 Å². The molecular weight excluding hydrogens is 478 g/mol. The van der Waals surface area contributed by atoms with Crippen molar-refractivity contribution in [2.75, 3.05) is 51.4 Å². The van der Waals surface area contributed by atoms with Crippen LogP contribution in [0.1, 0.15) is 54.3 Å². The second-order valence-electron chi connectivity index (χ2n) is 9.54. The van der Waals surface area contributed by atoms with Gasteiger partial charge in [0.05, 0.1) is 33.0 Å². The minimum Gasteiger partial charge on any atom is -0.444 e. The Kier molecular flexibility index (Phi) is 9.99. The van der Waals surface area contributed by atoms with Crippen molar-refractivity contribution in [2.24, 2.45) is 0 Å². The normalized spacial score (nSPS) is 13.1. The summed E-state index contributed by atoms with van der Waals surface area (Å²) in [5, 5.41) is 7.34. The molecule has 0 saturated heterocycles. The monoisotopic (exact) mass is 513 g/mol. The molecule has 0 atom stereocenters. The van der Waals surface area contributed by atoms with Crippen molar-refractivity contribution < 1.29 is 33.4 Å². The van der Waals surface area contributed by atoms with E-state index in [1.54, 1.807) is 39.0 Å². The number of carbonyl (C=O) groups excluding carboxylic acids is 4. The highest BCUT2D eigenvalue weighted by Crippen LogP contribution is 2.34. The molecule has 3 amide bonds. The molecule has 2 aromatic rings. The lowest BCUT2D eigenvalue weighted by atomic mass is 9.93. The van der Waals surface area contributed by atoms with Gasteiger partial charge in [-0.3, -0.25) is 14.5 Å². The first-order chi connectivity index (χ1) is 17.7. The average Bonchev–Trinajstić information content (AvgIpc) is 2.85. The fraction of sp³-hybridized carbons (Fsp3) is 0.481. The van der Waals surface area contributed by atoms with Crippen LogP contribution in [0.15, 0.2) is 30.3 Å². The van der Waals surface area contributed by atoms with Crippen LogP contribution < -0.4 is 10.6 Å². The lowest BCUT2D eigenvalue weighted by Gasteiger charge is -2.27. The van der Waals surface area contributed by atoms with Gasteiger partial charge in [-0.05, 0) is 45.4 Å². The standard InChI is InChI=1S/C27H35N3O7/c1-27(2,3)37-26(34)29-12-15-35-17-18-36-16-13-30-24(32)20-8-6-7-19-22(28-11-4-5-14-31)10-9-21(23(19)20)25(30)33/h6-10,14,28H,4-5,11-13,15-18H2,1-3H3,(H,29,34). The third kappa shape index (κ3) is 7.74. The predicted molar refractivity (Wildman–Crippen MR) is 139 cm³/mol. The number of nitrogens with one attached hydrogen (secondary N) is 2. The summed E-state index contributed by atoms with van der Waals surface area (Å²) in [7, 11) is 0. The zero-order chi connectivity index (χ0) is 26.8. The molecule has 1 aliphatic heterocycles. The molecule has 0 saturated carbocycles. The summed E-state index contributed by atoms with van der Waals surface area (Å²) in [4.78, 5) is 49.6. The summed E-state index contributed by atoms with van der Waals surface area (Å²) in [6.45, 7) is 7.51. The fourth-order valence-electron chi connectivity index (χ4n) is 3.93. The summed E-state index contributed by atoms with van der Waals surface area (Å²) in [5.74, 6) is -0.705. The highest BCUT2D eigenvalue weighted by molar-refractivity contribution is 6.26. The highest BCUT2D eigenvalue weighted by atomic mass is 16.6. The van der Waals surface area contributed by atoms with E-state index in [2.05, 4.69) is 10.6 Å². The maximum atomic E-state index is 13.1. The SMILES string of the molecule is CC(C)(C)OC(=O)NCCOCCOCCN1C(=O)c2cccc3c(NCCCC=O)ccc(c23)C1=O. The number of anilines is 1. The Morgan fingerprint density at radius 3 is 2.35 bits per heavy atom. The van der Waals surface area contributed by atoms with Gasteiger partial charge in [0.25, 0.3) is 11.8 Å². The molecule has 10 nitrogen and oxygen atoms in total. The molecule has 0 bridgehead atoms. The molecule has 3 rings (SSSR count). The number of rotatable bonds is 14. The Bertz CT molecular complexity index is 1100. The summed E-state index contributed by atoms with van der Waals surface area (Å²) in [5.41, 5.74) is 1.22. The summed E-state index contributed by atoms with van der Waals surface area (Å²) in [6.07, 6.45) is 1.56. The number of ether oxygens (including phenoxy) is 3. The van der Waals surface area contributed by atoms with Gasteiger partial charge in [0.2, 0.25) is 0 Å².